The summed E-state index contributed by atoms with van der Waals surface area (Å²) in [5, 5.41) is 21.8. The molecule has 2 N–H and O–H groups in total. The van der Waals surface area contributed by atoms with Gasteiger partial charge in [0.1, 0.15) is 36.6 Å². The number of hydrogen-bond donors (Lipinski definition) is 2. The molecule has 12 nitrogen and oxygen atoms in total. The molecule has 1 aromatic heterocycles. The molecule has 3 rings (SSSR count). The second kappa shape index (κ2) is 7.11. The van der Waals surface area contributed by atoms with E-state index in [1.54, 1.807) is 0 Å². The number of carboxylic acids is 1. The summed E-state index contributed by atoms with van der Waals surface area (Å²) in [6.45, 7) is 0.856. The Morgan fingerprint density at radius 3 is 2.85 bits per heavy atom. The van der Waals surface area contributed by atoms with Gasteiger partial charge in [0.2, 0.25) is 5.91 Å². The predicted octanol–water partition coefficient (Wildman–Crippen LogP) is -2.03. The van der Waals surface area contributed by atoms with E-state index in [0.717, 1.165) is 4.90 Å². The fourth-order valence-corrected chi connectivity index (χ4v) is 3.93. The van der Waals surface area contributed by atoms with E-state index in [4.69, 9.17) is 4.74 Å². The number of β-lactam (4-membered cyclic amide) rings is 1. The van der Waals surface area contributed by atoms with Gasteiger partial charge in [0.25, 0.3) is 5.91 Å². The minimum Gasteiger partial charge on any atom is -0.477 e. The number of aliphatic carboxylic acids is 1. The maximum atomic E-state index is 12.4. The predicted molar refractivity (Wildman–Crippen MR) is 84.1 cm³/mol. The monoisotopic (exact) mass is 382 g/mol. The van der Waals surface area contributed by atoms with Crippen molar-refractivity contribution in [2.45, 2.75) is 24.9 Å². The van der Waals surface area contributed by atoms with Gasteiger partial charge in [0.15, 0.2) is 0 Å². The number of aromatic nitrogens is 4. The van der Waals surface area contributed by atoms with Crippen molar-refractivity contribution >= 4 is 35.5 Å². The lowest BCUT2D eigenvalue weighted by Gasteiger charge is -2.49. The quantitative estimate of drug-likeness (QED) is 0.415. The lowest BCUT2D eigenvalue weighted by molar-refractivity contribution is -0.151. The van der Waals surface area contributed by atoms with Gasteiger partial charge >= 0.3 is 11.9 Å². The second-order valence-electron chi connectivity index (χ2n) is 5.50. The lowest BCUT2D eigenvalue weighted by atomic mass is 10.0. The molecule has 0 unspecified atom stereocenters. The summed E-state index contributed by atoms with van der Waals surface area (Å²) in [6.07, 6.45) is 1.26. The van der Waals surface area contributed by atoms with E-state index >= 15 is 0 Å². The van der Waals surface area contributed by atoms with Gasteiger partial charge in [-0.1, -0.05) is 0 Å². The first-order valence-corrected chi connectivity index (χ1v) is 8.47. The molecule has 0 bridgehead atoms. The van der Waals surface area contributed by atoms with Crippen LogP contribution in [0.3, 0.4) is 0 Å². The number of esters is 1. The van der Waals surface area contributed by atoms with Gasteiger partial charge in [-0.15, -0.1) is 16.9 Å². The van der Waals surface area contributed by atoms with Crippen LogP contribution in [0.2, 0.25) is 0 Å². The highest BCUT2D eigenvalue weighted by Gasteiger charge is 2.54. The zero-order valence-corrected chi connectivity index (χ0v) is 14.3. The molecule has 1 aromatic rings. The van der Waals surface area contributed by atoms with E-state index in [0.29, 0.717) is 5.57 Å². The van der Waals surface area contributed by atoms with Crippen LogP contribution in [0.1, 0.15) is 6.92 Å². The summed E-state index contributed by atoms with van der Waals surface area (Å²) >= 11 is 1.29. The number of thioether (sulfide) groups is 1. The van der Waals surface area contributed by atoms with Gasteiger partial charge in [0.05, 0.1) is 0 Å². The first kappa shape index (κ1) is 17.8. The fraction of sp³-hybridized carbons (Fsp3) is 0.462. The Kier molecular flexibility index (Phi) is 4.88. The molecule has 2 aliphatic rings. The summed E-state index contributed by atoms with van der Waals surface area (Å²) in [6, 6.07) is -0.839. The molecular weight excluding hydrogens is 368 g/mol. The van der Waals surface area contributed by atoms with Crippen LogP contribution in [0.25, 0.3) is 0 Å². The van der Waals surface area contributed by atoms with E-state index < -0.39 is 35.2 Å². The number of nitrogens with one attached hydrogen (secondary N) is 1. The standard InChI is InChI=1S/C13H14N6O6S/c1-6(20)25-3-7-4-26-12-9(11(22)19(12)10(7)13(23)24)15-8(21)2-18-5-14-16-17-18/h5,9,12H,2-4H2,1H3,(H,15,21)(H,23,24)/t9-,12+/m0/s1. The molecule has 0 aromatic carbocycles. The van der Waals surface area contributed by atoms with Crippen LogP contribution in [-0.4, -0.2) is 77.7 Å². The number of rotatable bonds is 6. The first-order chi connectivity index (χ1) is 12.4. The van der Waals surface area contributed by atoms with E-state index in [1.165, 1.54) is 29.7 Å². The highest BCUT2D eigenvalue weighted by Crippen LogP contribution is 2.40. The number of fused-ring (bicyclic) bond motifs is 1. The highest BCUT2D eigenvalue weighted by atomic mass is 32.2. The third-order valence-corrected chi connectivity index (χ3v) is 5.05. The van der Waals surface area contributed by atoms with Crippen LogP contribution in [0, 0.1) is 0 Å². The normalized spacial score (nSPS) is 21.7. The van der Waals surface area contributed by atoms with Crippen molar-refractivity contribution in [2.75, 3.05) is 12.4 Å². The number of amides is 2. The number of tetrazole rings is 1. The lowest BCUT2D eigenvalue weighted by Crippen LogP contribution is -2.70. The Balaban J connectivity index is 1.69. The Labute approximate surface area is 150 Å². The topological polar surface area (TPSA) is 157 Å². The molecule has 13 heteroatoms. The number of carbonyl (C=O) groups is 4. The van der Waals surface area contributed by atoms with Crippen molar-refractivity contribution in [1.82, 2.24) is 30.4 Å². The summed E-state index contributed by atoms with van der Waals surface area (Å²) in [5.41, 5.74) is 0.131. The fourth-order valence-electron chi connectivity index (χ4n) is 2.60. The Morgan fingerprint density at radius 1 is 1.46 bits per heavy atom. The van der Waals surface area contributed by atoms with Crippen LogP contribution in [-0.2, 0) is 30.5 Å². The van der Waals surface area contributed by atoms with Crippen molar-refractivity contribution in [3.63, 3.8) is 0 Å². The minimum atomic E-state index is -1.29. The molecule has 1 saturated heterocycles. The van der Waals surface area contributed by atoms with E-state index in [2.05, 4.69) is 20.8 Å². The molecule has 1 fully saturated rings. The molecule has 26 heavy (non-hydrogen) atoms. The maximum Gasteiger partial charge on any atom is 0.352 e. The molecule has 2 atom stereocenters. The van der Waals surface area contributed by atoms with Gasteiger partial charge in [-0.3, -0.25) is 19.3 Å². The van der Waals surface area contributed by atoms with Gasteiger partial charge in [0, 0.05) is 18.2 Å². The number of hydrogen-bond acceptors (Lipinski definition) is 9. The Morgan fingerprint density at radius 2 is 2.23 bits per heavy atom. The third kappa shape index (κ3) is 3.37. The zero-order valence-electron chi connectivity index (χ0n) is 13.5. The number of carboxylic acid groups (broad SMARTS) is 1. The van der Waals surface area contributed by atoms with Gasteiger partial charge < -0.3 is 15.2 Å². The van der Waals surface area contributed by atoms with E-state index in [9.17, 15) is 24.3 Å². The molecule has 3 heterocycles. The SMILES string of the molecule is CC(=O)OCC1=C(C(=O)O)N2C(=O)[C@H](NC(=O)Cn3cnnn3)[C@H]2SC1. The maximum absolute atomic E-state index is 12.4. The molecule has 2 aliphatic heterocycles. The van der Waals surface area contributed by atoms with Gasteiger partial charge in [-0.2, -0.15) is 0 Å². The summed E-state index contributed by atoms with van der Waals surface area (Å²) in [5.74, 6) is -2.57. The van der Waals surface area contributed by atoms with E-state index in [1.807, 2.05) is 0 Å². The first-order valence-electron chi connectivity index (χ1n) is 7.42. The van der Waals surface area contributed by atoms with Gasteiger partial charge in [-0.05, 0) is 10.4 Å². The smallest absolute Gasteiger partial charge is 0.352 e. The molecule has 0 aliphatic carbocycles. The molecular formula is C13H14N6O6S. The van der Waals surface area contributed by atoms with E-state index in [-0.39, 0.29) is 24.6 Å². The zero-order chi connectivity index (χ0) is 18.8. The van der Waals surface area contributed by atoms with Crippen LogP contribution in [0.15, 0.2) is 17.6 Å². The number of carbonyl (C=O) groups excluding carboxylic acids is 3. The van der Waals surface area contributed by atoms with Crippen LogP contribution < -0.4 is 5.32 Å². The number of ether oxygens (including phenoxy) is 1. The van der Waals surface area contributed by atoms with Crippen molar-refractivity contribution in [1.29, 1.82) is 0 Å². The summed E-state index contributed by atoms with van der Waals surface area (Å²) in [4.78, 5) is 48.0. The largest absolute Gasteiger partial charge is 0.477 e. The molecule has 0 saturated carbocycles. The highest BCUT2D eigenvalue weighted by molar-refractivity contribution is 8.00. The van der Waals surface area contributed by atoms with Gasteiger partial charge in [-0.25, -0.2) is 9.48 Å². The van der Waals surface area contributed by atoms with Crippen molar-refractivity contribution in [3.05, 3.63) is 17.6 Å². The summed E-state index contributed by atoms with van der Waals surface area (Å²) < 4.78 is 6.05. The molecule has 2 amide bonds. The van der Waals surface area contributed by atoms with Crippen molar-refractivity contribution < 1.29 is 29.0 Å². The minimum absolute atomic E-state index is 0.159. The Bertz CT molecular complexity index is 793. The van der Waals surface area contributed by atoms with Crippen LogP contribution in [0.5, 0.6) is 0 Å². The average molecular weight is 382 g/mol. The van der Waals surface area contributed by atoms with Crippen LogP contribution in [0.4, 0.5) is 0 Å². The van der Waals surface area contributed by atoms with Crippen molar-refractivity contribution in [2.24, 2.45) is 0 Å². The number of nitrogens with zero attached hydrogens (tertiary/aromatic N) is 5. The molecule has 0 radical (unpaired) electrons. The second-order valence-corrected chi connectivity index (χ2v) is 6.60. The average Bonchev–Trinajstić information content (AvgIpc) is 3.09. The Hall–Kier alpha value is -2.96. The molecule has 0 spiro atoms. The van der Waals surface area contributed by atoms with Crippen molar-refractivity contribution in [3.8, 4) is 0 Å². The third-order valence-electron chi connectivity index (χ3n) is 3.71. The van der Waals surface area contributed by atoms with Crippen LogP contribution >= 0.6 is 11.8 Å². The summed E-state index contributed by atoms with van der Waals surface area (Å²) in [7, 11) is 0. The molecule has 138 valence electrons.